The molecule has 1 aliphatic rings. The topological polar surface area (TPSA) is 109 Å². The average Bonchev–Trinajstić information content (AvgIpc) is 3.13. The van der Waals surface area contributed by atoms with E-state index in [0.717, 1.165) is 12.1 Å². The van der Waals surface area contributed by atoms with Crippen molar-refractivity contribution in [3.05, 3.63) is 42.0 Å². The second-order valence-electron chi connectivity index (χ2n) is 7.88. The number of anilines is 2. The van der Waals surface area contributed by atoms with E-state index in [0.29, 0.717) is 53.8 Å². The number of ether oxygens (including phenoxy) is 2. The maximum Gasteiger partial charge on any atom is 0.237 e. The summed E-state index contributed by atoms with van der Waals surface area (Å²) in [4.78, 5) is 17.6. The van der Waals surface area contributed by atoms with Crippen molar-refractivity contribution in [2.75, 3.05) is 49.7 Å². The van der Waals surface area contributed by atoms with Crippen LogP contribution in [0.2, 0.25) is 0 Å². The molecule has 0 spiro atoms. The predicted octanol–water partition coefficient (Wildman–Crippen LogP) is 3.30. The van der Waals surface area contributed by atoms with Gasteiger partial charge in [0.05, 0.1) is 31.9 Å². The Morgan fingerprint density at radius 2 is 1.76 bits per heavy atom. The third-order valence-corrected chi connectivity index (χ3v) is 6.83. The van der Waals surface area contributed by atoms with E-state index in [1.165, 1.54) is 10.6 Å². The van der Waals surface area contributed by atoms with E-state index in [2.05, 4.69) is 10.6 Å². The van der Waals surface area contributed by atoms with Crippen molar-refractivity contribution in [2.24, 2.45) is 4.99 Å². The number of fused-ring (bicyclic) bond motifs is 1. The molecule has 0 fully saturated rings. The first-order chi connectivity index (χ1) is 16.2. The summed E-state index contributed by atoms with van der Waals surface area (Å²) in [5.74, 6) is 0.375. The summed E-state index contributed by atoms with van der Waals surface area (Å²) in [7, 11) is -0.321. The maximum atomic E-state index is 12.8. The standard InChI is InChI=1S/C24H32N4O5S/c1-6-19(23-18-14-21(32-3)22(33-4)15-20(18)27-24(23)29)26-16-8-10-17(11-9-16)28(34(5,30)31)13-12-25-7-2/h8-11,14-15,23,25H,6-7,12-13H2,1-5H3,(H,27,29). The summed E-state index contributed by atoms with van der Waals surface area (Å²) in [6.45, 7) is 5.57. The third kappa shape index (κ3) is 5.51. The zero-order valence-corrected chi connectivity index (χ0v) is 21.0. The van der Waals surface area contributed by atoms with Gasteiger partial charge in [0.15, 0.2) is 11.5 Å². The molecule has 0 aromatic heterocycles. The molecule has 34 heavy (non-hydrogen) atoms. The van der Waals surface area contributed by atoms with Crippen LogP contribution in [0.5, 0.6) is 11.5 Å². The Bertz CT molecular complexity index is 1160. The lowest BCUT2D eigenvalue weighted by atomic mass is 9.93. The van der Waals surface area contributed by atoms with E-state index < -0.39 is 15.9 Å². The summed E-state index contributed by atoms with van der Waals surface area (Å²) >= 11 is 0. The van der Waals surface area contributed by atoms with E-state index in [4.69, 9.17) is 14.5 Å². The number of aliphatic imine (C=N–C) groups is 1. The second-order valence-corrected chi connectivity index (χ2v) is 9.79. The second kappa shape index (κ2) is 10.9. The monoisotopic (exact) mass is 488 g/mol. The quantitative estimate of drug-likeness (QED) is 0.371. The zero-order chi connectivity index (χ0) is 24.9. The fourth-order valence-electron chi connectivity index (χ4n) is 3.97. The molecule has 0 radical (unpaired) electrons. The van der Waals surface area contributed by atoms with E-state index >= 15 is 0 Å². The van der Waals surface area contributed by atoms with E-state index in [1.54, 1.807) is 50.6 Å². The number of nitrogens with one attached hydrogen (secondary N) is 2. The first-order valence-corrected chi connectivity index (χ1v) is 13.0. The van der Waals surface area contributed by atoms with Crippen LogP contribution < -0.4 is 24.4 Å². The first kappa shape index (κ1) is 25.5. The Morgan fingerprint density at radius 3 is 2.32 bits per heavy atom. The van der Waals surface area contributed by atoms with E-state index in [-0.39, 0.29) is 5.91 Å². The molecule has 10 heteroatoms. The molecule has 2 N–H and O–H groups in total. The number of nitrogens with zero attached hydrogens (tertiary/aromatic N) is 2. The molecule has 1 aliphatic heterocycles. The van der Waals surface area contributed by atoms with Gasteiger partial charge >= 0.3 is 0 Å². The number of methoxy groups -OCH3 is 2. The van der Waals surface area contributed by atoms with Crippen molar-refractivity contribution in [1.82, 2.24) is 5.32 Å². The molecule has 1 atom stereocenters. The SMILES string of the molecule is CCNCCN(c1ccc(N=C(CC)C2C(=O)Nc3cc(OC)c(OC)cc32)cc1)S(C)(=O)=O. The van der Waals surface area contributed by atoms with E-state index in [9.17, 15) is 13.2 Å². The molecule has 0 saturated heterocycles. The molecule has 2 aromatic rings. The van der Waals surface area contributed by atoms with Gasteiger partial charge in [0, 0.05) is 30.6 Å². The van der Waals surface area contributed by atoms with Crippen LogP contribution in [0.25, 0.3) is 0 Å². The van der Waals surface area contributed by atoms with Gasteiger partial charge in [-0.05, 0) is 48.9 Å². The first-order valence-electron chi connectivity index (χ1n) is 11.2. The van der Waals surface area contributed by atoms with Crippen molar-refractivity contribution in [3.8, 4) is 11.5 Å². The van der Waals surface area contributed by atoms with Gasteiger partial charge in [-0.1, -0.05) is 13.8 Å². The van der Waals surface area contributed by atoms with Crippen LogP contribution >= 0.6 is 0 Å². The molecular weight excluding hydrogens is 456 g/mol. The minimum Gasteiger partial charge on any atom is -0.493 e. The van der Waals surface area contributed by atoms with E-state index in [1.807, 2.05) is 13.8 Å². The summed E-state index contributed by atoms with van der Waals surface area (Å²) in [6.07, 6.45) is 1.76. The highest BCUT2D eigenvalue weighted by atomic mass is 32.2. The predicted molar refractivity (Wildman–Crippen MR) is 135 cm³/mol. The van der Waals surface area contributed by atoms with Gasteiger partial charge in [-0.15, -0.1) is 0 Å². The molecule has 0 aliphatic carbocycles. The number of likely N-dealkylation sites (N-methyl/N-ethyl adjacent to an activating group) is 1. The van der Waals surface area contributed by atoms with Crippen molar-refractivity contribution in [2.45, 2.75) is 26.2 Å². The number of carbonyl (C=O) groups is 1. The highest BCUT2D eigenvalue weighted by molar-refractivity contribution is 7.92. The molecule has 1 amide bonds. The Labute approximate surface area is 201 Å². The van der Waals surface area contributed by atoms with Gasteiger partial charge in [0.1, 0.15) is 5.92 Å². The lowest BCUT2D eigenvalue weighted by molar-refractivity contribution is -0.115. The van der Waals surface area contributed by atoms with Crippen LogP contribution in [0.15, 0.2) is 41.4 Å². The van der Waals surface area contributed by atoms with Crippen LogP contribution in [-0.2, 0) is 14.8 Å². The van der Waals surface area contributed by atoms with Gasteiger partial charge in [-0.2, -0.15) is 0 Å². The molecule has 0 bridgehead atoms. The number of sulfonamides is 1. The lowest BCUT2D eigenvalue weighted by Gasteiger charge is -2.22. The van der Waals surface area contributed by atoms with Crippen LogP contribution in [0, 0.1) is 0 Å². The summed E-state index contributed by atoms with van der Waals surface area (Å²) < 4.78 is 36.7. The molecule has 9 nitrogen and oxygen atoms in total. The molecular formula is C24H32N4O5S. The maximum absolute atomic E-state index is 12.8. The number of carbonyl (C=O) groups excluding carboxylic acids is 1. The largest absolute Gasteiger partial charge is 0.493 e. The number of hydrogen-bond acceptors (Lipinski definition) is 7. The molecule has 3 rings (SSSR count). The number of rotatable bonds is 11. The summed E-state index contributed by atoms with van der Waals surface area (Å²) in [5, 5.41) is 6.05. The zero-order valence-electron chi connectivity index (χ0n) is 20.2. The average molecular weight is 489 g/mol. The summed E-state index contributed by atoms with van der Waals surface area (Å²) in [6, 6.07) is 10.5. The molecule has 2 aromatic carbocycles. The Balaban J connectivity index is 1.91. The van der Waals surface area contributed by atoms with Crippen molar-refractivity contribution in [3.63, 3.8) is 0 Å². The molecule has 1 heterocycles. The molecule has 1 unspecified atom stereocenters. The van der Waals surface area contributed by atoms with Gasteiger partial charge in [-0.25, -0.2) is 8.42 Å². The normalized spacial score (nSPS) is 15.6. The van der Waals surface area contributed by atoms with Gasteiger partial charge in [0.2, 0.25) is 15.9 Å². The van der Waals surface area contributed by atoms with Crippen LogP contribution in [0.3, 0.4) is 0 Å². The fourth-order valence-corrected chi connectivity index (χ4v) is 4.90. The van der Waals surface area contributed by atoms with Gasteiger partial charge in [-0.3, -0.25) is 14.1 Å². The smallest absolute Gasteiger partial charge is 0.237 e. The molecule has 0 saturated carbocycles. The number of amides is 1. The third-order valence-electron chi connectivity index (χ3n) is 5.63. The van der Waals surface area contributed by atoms with Crippen molar-refractivity contribution in [1.29, 1.82) is 0 Å². The minimum atomic E-state index is -3.42. The minimum absolute atomic E-state index is 0.158. The van der Waals surface area contributed by atoms with Gasteiger partial charge in [0.25, 0.3) is 0 Å². The fraction of sp³-hybridized carbons (Fsp3) is 0.417. The van der Waals surface area contributed by atoms with Crippen LogP contribution in [0.4, 0.5) is 17.1 Å². The Kier molecular flexibility index (Phi) is 8.16. The van der Waals surface area contributed by atoms with Gasteiger partial charge < -0.3 is 20.1 Å². The highest BCUT2D eigenvalue weighted by Gasteiger charge is 2.35. The highest BCUT2D eigenvalue weighted by Crippen LogP contribution is 2.42. The summed E-state index contributed by atoms with van der Waals surface area (Å²) in [5.41, 5.74) is 3.36. The van der Waals surface area contributed by atoms with Crippen molar-refractivity contribution >= 4 is 38.7 Å². The van der Waals surface area contributed by atoms with Crippen LogP contribution in [0.1, 0.15) is 31.7 Å². The Hall–Kier alpha value is -3.11. The van der Waals surface area contributed by atoms with Crippen LogP contribution in [-0.4, -0.2) is 60.1 Å². The number of benzene rings is 2. The lowest BCUT2D eigenvalue weighted by Crippen LogP contribution is -2.36. The Morgan fingerprint density at radius 1 is 1.12 bits per heavy atom. The van der Waals surface area contributed by atoms with Crippen molar-refractivity contribution < 1.29 is 22.7 Å². The molecule has 184 valence electrons. The number of hydrogen-bond donors (Lipinski definition) is 2.